The average molecular weight is 706 g/mol. The highest BCUT2D eigenvalue weighted by Gasteiger charge is 2.19. The molecule has 0 unspecified atom stereocenters. The smallest absolute Gasteiger partial charge is 0.277 e. The molecule has 0 aliphatic rings. The monoisotopic (exact) mass is 704 g/mol. The number of hydrogen-bond acceptors (Lipinski definition) is 6. The fraction of sp³-hybridized carbons (Fsp3) is 0.297. The van der Waals surface area contributed by atoms with Crippen molar-refractivity contribution in [2.75, 3.05) is 26.2 Å². The van der Waals surface area contributed by atoms with E-state index in [4.69, 9.17) is 11.6 Å². The van der Waals surface area contributed by atoms with Crippen LogP contribution >= 0.6 is 35.8 Å². The van der Waals surface area contributed by atoms with Crippen molar-refractivity contribution in [3.8, 4) is 11.1 Å². The molecule has 0 spiro atoms. The molecule has 0 N–H and O–H groups in total. The molecule has 3 aromatic carbocycles. The average Bonchev–Trinajstić information content (AvgIpc) is 3.50. The van der Waals surface area contributed by atoms with E-state index in [2.05, 4.69) is 53.1 Å². The first kappa shape index (κ1) is 36.9. The first-order valence-corrected chi connectivity index (χ1v) is 17.3. The van der Waals surface area contributed by atoms with E-state index in [1.165, 1.54) is 11.8 Å². The summed E-state index contributed by atoms with van der Waals surface area (Å²) in [5, 5.41) is 5.48. The fourth-order valence-corrected chi connectivity index (χ4v) is 6.43. The molecule has 2 heterocycles. The van der Waals surface area contributed by atoms with Crippen molar-refractivity contribution >= 4 is 41.7 Å². The fourth-order valence-electron chi connectivity index (χ4n) is 5.38. The van der Waals surface area contributed by atoms with Crippen LogP contribution in [0.2, 0.25) is 5.02 Å². The van der Waals surface area contributed by atoms with Crippen LogP contribution in [0.4, 0.5) is 0 Å². The molecular weight excluding hydrogens is 663 g/mol. The van der Waals surface area contributed by atoms with E-state index < -0.39 is 0 Å². The molecule has 2 aromatic heterocycles. The number of thioether (sulfide) groups is 1. The van der Waals surface area contributed by atoms with Gasteiger partial charge in [-0.25, -0.2) is 0 Å². The molecule has 0 radical (unpaired) electrons. The second kappa shape index (κ2) is 18.0. The van der Waals surface area contributed by atoms with E-state index in [9.17, 15) is 9.59 Å². The lowest BCUT2D eigenvalue weighted by atomic mass is 10.0. The van der Waals surface area contributed by atoms with Crippen LogP contribution in [0.15, 0.2) is 107 Å². The van der Waals surface area contributed by atoms with Gasteiger partial charge in [-0.1, -0.05) is 104 Å². The lowest BCUT2D eigenvalue weighted by molar-refractivity contribution is -0.132. The van der Waals surface area contributed by atoms with Gasteiger partial charge in [0.15, 0.2) is 5.16 Å². The summed E-state index contributed by atoms with van der Waals surface area (Å²) >= 11 is 7.55. The van der Waals surface area contributed by atoms with E-state index in [0.29, 0.717) is 41.0 Å². The summed E-state index contributed by atoms with van der Waals surface area (Å²) in [4.78, 5) is 36.1. The van der Waals surface area contributed by atoms with Crippen molar-refractivity contribution in [1.82, 2.24) is 29.1 Å². The quantitative estimate of drug-likeness (QED) is 0.0866. The normalized spacial score (nSPS) is 11.0. The van der Waals surface area contributed by atoms with Crippen molar-refractivity contribution in [2.45, 2.75) is 44.3 Å². The third-order valence-corrected chi connectivity index (χ3v) is 9.45. The molecule has 0 saturated heterocycles. The van der Waals surface area contributed by atoms with Gasteiger partial charge >= 0.3 is 0 Å². The lowest BCUT2D eigenvalue weighted by Gasteiger charge is -2.27. The first-order valence-electron chi connectivity index (χ1n) is 15.9. The highest BCUT2D eigenvalue weighted by Crippen LogP contribution is 2.24. The number of rotatable bonds is 15. The minimum Gasteiger partial charge on any atom is -0.336 e. The molecule has 1 amide bonds. The summed E-state index contributed by atoms with van der Waals surface area (Å²) in [6.07, 6.45) is 5.83. The number of benzene rings is 3. The van der Waals surface area contributed by atoms with Crippen molar-refractivity contribution in [3.63, 3.8) is 0 Å². The first-order chi connectivity index (χ1) is 22.8. The van der Waals surface area contributed by atoms with Crippen LogP contribution in [0.1, 0.15) is 36.1 Å². The van der Waals surface area contributed by atoms with Gasteiger partial charge in [0.25, 0.3) is 5.56 Å². The highest BCUT2D eigenvalue weighted by molar-refractivity contribution is 7.98. The van der Waals surface area contributed by atoms with Gasteiger partial charge in [-0.2, -0.15) is 10.1 Å². The van der Waals surface area contributed by atoms with Crippen molar-refractivity contribution in [1.29, 1.82) is 0 Å². The number of carbonyl (C=O) groups excluding carboxylic acids is 1. The van der Waals surface area contributed by atoms with Crippen LogP contribution < -0.4 is 5.56 Å². The Balaban J connectivity index is 0.00000520. The molecule has 5 aromatic rings. The largest absolute Gasteiger partial charge is 0.336 e. The topological polar surface area (TPSA) is 76.3 Å². The lowest BCUT2D eigenvalue weighted by Crippen LogP contribution is -2.40. The molecule has 0 atom stereocenters. The second-order valence-corrected chi connectivity index (χ2v) is 12.9. The maximum Gasteiger partial charge on any atom is 0.277 e. The summed E-state index contributed by atoms with van der Waals surface area (Å²) in [5.74, 6) is 0.605. The number of aromatic nitrogens is 4. The molecule has 48 heavy (non-hydrogen) atoms. The molecule has 8 nitrogen and oxygen atoms in total. The van der Waals surface area contributed by atoms with E-state index >= 15 is 0 Å². The third kappa shape index (κ3) is 10.3. The van der Waals surface area contributed by atoms with E-state index in [1.807, 2.05) is 77.3 Å². The van der Waals surface area contributed by atoms with Gasteiger partial charge in [0.2, 0.25) is 5.91 Å². The van der Waals surface area contributed by atoms with Crippen molar-refractivity contribution < 1.29 is 4.79 Å². The van der Waals surface area contributed by atoms with E-state index in [-0.39, 0.29) is 30.4 Å². The number of amides is 1. The van der Waals surface area contributed by atoms with Gasteiger partial charge < -0.3 is 14.4 Å². The Morgan fingerprint density at radius 2 is 1.52 bits per heavy atom. The minimum atomic E-state index is -0.285. The molecule has 0 fully saturated rings. The zero-order chi connectivity index (χ0) is 33.2. The second-order valence-electron chi connectivity index (χ2n) is 11.5. The summed E-state index contributed by atoms with van der Waals surface area (Å²) < 4.78 is 3.56. The third-order valence-electron chi connectivity index (χ3n) is 8.14. The maximum absolute atomic E-state index is 14.2. The molecule has 0 bridgehead atoms. The van der Waals surface area contributed by atoms with Gasteiger partial charge in [-0.05, 0) is 53.0 Å². The molecule has 0 aliphatic heterocycles. The van der Waals surface area contributed by atoms with Crippen LogP contribution in [-0.4, -0.2) is 61.2 Å². The van der Waals surface area contributed by atoms with Gasteiger partial charge in [0.1, 0.15) is 6.54 Å². The Labute approximate surface area is 298 Å². The Bertz CT molecular complexity index is 1810. The Morgan fingerprint density at radius 3 is 2.15 bits per heavy atom. The van der Waals surface area contributed by atoms with Crippen LogP contribution in [0.25, 0.3) is 11.1 Å². The zero-order valence-corrected chi connectivity index (χ0v) is 30.0. The number of halogens is 2. The summed E-state index contributed by atoms with van der Waals surface area (Å²) in [7, 11) is 1.85. The number of nitrogens with zero attached hydrogens (tertiary/aromatic N) is 6. The Morgan fingerprint density at radius 1 is 0.854 bits per heavy atom. The summed E-state index contributed by atoms with van der Waals surface area (Å²) in [6, 6.07) is 26.2. The Kier molecular flexibility index (Phi) is 13.9. The van der Waals surface area contributed by atoms with Gasteiger partial charge in [-0.3, -0.25) is 14.3 Å². The minimum absolute atomic E-state index is 0. The number of aryl methyl sites for hydroxylation is 1. The SMILES string of the molecule is CCN(CC)CCN(Cc1ccc(-c2ccc(Cl)cc2)cc1)C(=O)Cn1cc(Cc2cnn(C)c2)c(=O)nc1SCc1ccccc1.Cl. The molecule has 0 saturated carbocycles. The standard InChI is InChI=1S/C37H41ClN6O2S.ClH/c1-4-42(5-2)19-20-43(24-28-11-13-31(14-12-28)32-15-17-34(38)18-16-32)35(45)26-44-25-33(21-30-22-39-41(3)23-30)36(46)40-37(44)47-27-29-9-7-6-8-10-29;/h6-18,22-23,25H,4-5,19-21,24,26-27H2,1-3H3;1H. The summed E-state index contributed by atoms with van der Waals surface area (Å²) in [5.41, 5.74) is 5.50. The van der Waals surface area contributed by atoms with Gasteiger partial charge in [0, 0.05) is 61.8 Å². The zero-order valence-electron chi connectivity index (χ0n) is 27.6. The van der Waals surface area contributed by atoms with Gasteiger partial charge in [0.05, 0.1) is 6.20 Å². The van der Waals surface area contributed by atoms with Gasteiger partial charge in [-0.15, -0.1) is 12.4 Å². The van der Waals surface area contributed by atoms with Crippen LogP contribution in [0.3, 0.4) is 0 Å². The molecule has 0 aliphatic carbocycles. The van der Waals surface area contributed by atoms with Crippen molar-refractivity contribution in [2.24, 2.45) is 7.05 Å². The summed E-state index contributed by atoms with van der Waals surface area (Å²) in [6.45, 7) is 8.00. The predicted molar refractivity (Wildman–Crippen MR) is 198 cm³/mol. The number of carbonyl (C=O) groups is 1. The molecule has 11 heteroatoms. The van der Waals surface area contributed by atoms with E-state index in [0.717, 1.165) is 47.5 Å². The van der Waals surface area contributed by atoms with Crippen LogP contribution in [-0.2, 0) is 37.1 Å². The maximum atomic E-state index is 14.2. The van der Waals surface area contributed by atoms with Crippen molar-refractivity contribution in [3.05, 3.63) is 135 Å². The molecule has 252 valence electrons. The predicted octanol–water partition coefficient (Wildman–Crippen LogP) is 6.97. The number of likely N-dealkylation sites (N-methyl/N-ethyl adjacent to an activating group) is 1. The number of hydrogen-bond donors (Lipinski definition) is 0. The molecular formula is C37H42Cl2N6O2S. The highest BCUT2D eigenvalue weighted by atomic mass is 35.5. The molecule has 5 rings (SSSR count). The van der Waals surface area contributed by atoms with Crippen LogP contribution in [0.5, 0.6) is 0 Å². The van der Waals surface area contributed by atoms with E-state index in [1.54, 1.807) is 17.1 Å². The van der Waals surface area contributed by atoms with Crippen LogP contribution in [0, 0.1) is 0 Å². The Hall–Kier alpha value is -3.89.